The molecule has 0 radical (unpaired) electrons. The van der Waals surface area contributed by atoms with Crippen LogP contribution >= 0.6 is 0 Å². The summed E-state index contributed by atoms with van der Waals surface area (Å²) in [6.45, 7) is 0.246. The van der Waals surface area contributed by atoms with Crippen LogP contribution in [0.5, 0.6) is 0 Å². The molecule has 0 aliphatic rings. The number of carboxylic acid groups (broad SMARTS) is 1. The van der Waals surface area contributed by atoms with E-state index >= 15 is 0 Å². The number of aliphatic hydroxyl groups excluding tert-OH is 1. The fourth-order valence-corrected chi connectivity index (χ4v) is 0.582. The predicted molar refractivity (Wildman–Crippen MR) is 36.0 cm³/mol. The molecule has 5 nitrogen and oxygen atoms in total. The molecule has 0 aromatic carbocycles. The highest BCUT2D eigenvalue weighted by Crippen LogP contribution is 1.77. The van der Waals surface area contributed by atoms with E-state index < -0.39 is 12.1 Å². The van der Waals surface area contributed by atoms with Crippen LogP contribution in [0, 0.1) is 0 Å². The molecule has 0 rings (SSSR count). The van der Waals surface area contributed by atoms with Crippen LogP contribution in [0.4, 0.5) is 4.79 Å². The first kappa shape index (κ1) is 9.19. The van der Waals surface area contributed by atoms with Gasteiger partial charge in [-0.3, -0.25) is 0 Å². The van der Waals surface area contributed by atoms with Gasteiger partial charge in [0.25, 0.3) is 0 Å². The summed E-state index contributed by atoms with van der Waals surface area (Å²) < 4.78 is 0. The van der Waals surface area contributed by atoms with Crippen LogP contribution in [0.3, 0.4) is 0 Å². The monoisotopic (exact) mass is 148 g/mol. The zero-order chi connectivity index (χ0) is 7.98. The second-order valence-corrected chi connectivity index (χ2v) is 1.89. The van der Waals surface area contributed by atoms with E-state index in [9.17, 15) is 4.79 Å². The first-order valence-corrected chi connectivity index (χ1v) is 2.95. The van der Waals surface area contributed by atoms with E-state index in [1.807, 2.05) is 0 Å². The van der Waals surface area contributed by atoms with Gasteiger partial charge in [0, 0.05) is 6.54 Å². The normalized spacial score (nSPS) is 12.6. The third kappa shape index (κ3) is 4.11. The van der Waals surface area contributed by atoms with Gasteiger partial charge in [-0.1, -0.05) is 0 Å². The fraction of sp³-hybridized carbons (Fsp3) is 0.800. The smallest absolute Gasteiger partial charge is 0.405 e. The van der Waals surface area contributed by atoms with Crippen LogP contribution in [-0.2, 0) is 0 Å². The van der Waals surface area contributed by atoms with Crippen LogP contribution in [-0.4, -0.2) is 42.5 Å². The van der Waals surface area contributed by atoms with Crippen molar-refractivity contribution >= 4 is 6.09 Å². The van der Waals surface area contributed by atoms with Gasteiger partial charge in [0.1, 0.15) is 0 Å². The zero-order valence-corrected chi connectivity index (χ0v) is 5.79. The molecule has 0 spiro atoms. The molecule has 60 valence electrons. The Morgan fingerprint density at radius 2 is 2.30 bits per heavy atom. The summed E-state index contributed by atoms with van der Waals surface area (Å²) in [5.41, 5.74) is 0. The van der Waals surface area contributed by atoms with Crippen LogP contribution in [0.15, 0.2) is 0 Å². The maximum absolute atomic E-state index is 9.99. The molecule has 5 heteroatoms. The topological polar surface area (TPSA) is 81.6 Å². The SMILES string of the molecule is CNCC(CO)NC(=O)O. The molecule has 4 N–H and O–H groups in total. The number of nitrogens with one attached hydrogen (secondary N) is 2. The maximum atomic E-state index is 9.99. The summed E-state index contributed by atoms with van der Waals surface area (Å²) in [5.74, 6) is 0. The van der Waals surface area contributed by atoms with Crippen molar-refractivity contribution in [2.45, 2.75) is 6.04 Å². The maximum Gasteiger partial charge on any atom is 0.405 e. The van der Waals surface area contributed by atoms with Crippen molar-refractivity contribution in [3.8, 4) is 0 Å². The standard InChI is InChI=1S/C5H12N2O3/c1-6-2-4(3-8)7-5(9)10/h4,6-8H,2-3H2,1H3,(H,9,10). The molecule has 0 saturated carbocycles. The van der Waals surface area contributed by atoms with E-state index in [2.05, 4.69) is 10.6 Å². The molecule has 10 heavy (non-hydrogen) atoms. The van der Waals surface area contributed by atoms with E-state index in [0.717, 1.165) is 0 Å². The number of hydrogen-bond acceptors (Lipinski definition) is 3. The minimum absolute atomic E-state index is 0.187. The Morgan fingerprint density at radius 1 is 1.70 bits per heavy atom. The molecule has 0 fully saturated rings. The third-order valence-corrected chi connectivity index (χ3v) is 0.999. The van der Waals surface area contributed by atoms with E-state index in [-0.39, 0.29) is 6.61 Å². The average molecular weight is 148 g/mol. The lowest BCUT2D eigenvalue weighted by atomic mass is 10.3. The molecule has 1 atom stereocenters. The zero-order valence-electron chi connectivity index (χ0n) is 5.79. The van der Waals surface area contributed by atoms with Crippen molar-refractivity contribution in [1.82, 2.24) is 10.6 Å². The van der Waals surface area contributed by atoms with Gasteiger partial charge in [0.2, 0.25) is 0 Å². The van der Waals surface area contributed by atoms with E-state index in [4.69, 9.17) is 10.2 Å². The summed E-state index contributed by atoms with van der Waals surface area (Å²) in [4.78, 5) is 9.99. The number of hydrogen-bond donors (Lipinski definition) is 4. The molecule has 1 amide bonds. The third-order valence-electron chi connectivity index (χ3n) is 0.999. The first-order chi connectivity index (χ1) is 4.70. The van der Waals surface area contributed by atoms with Crippen LogP contribution in [0.25, 0.3) is 0 Å². The average Bonchev–Trinajstić information content (AvgIpc) is 1.86. The van der Waals surface area contributed by atoms with Gasteiger partial charge in [-0.25, -0.2) is 4.79 Å². The molecule has 1 unspecified atom stereocenters. The van der Waals surface area contributed by atoms with Crippen molar-refractivity contribution in [2.75, 3.05) is 20.2 Å². The van der Waals surface area contributed by atoms with Crippen molar-refractivity contribution in [2.24, 2.45) is 0 Å². The minimum Gasteiger partial charge on any atom is -0.465 e. The highest BCUT2D eigenvalue weighted by atomic mass is 16.4. The van der Waals surface area contributed by atoms with Gasteiger partial charge >= 0.3 is 6.09 Å². The fourth-order valence-electron chi connectivity index (χ4n) is 0.582. The molecule has 0 aromatic heterocycles. The Hall–Kier alpha value is -0.810. The Bertz CT molecular complexity index is 107. The summed E-state index contributed by atoms with van der Waals surface area (Å²) in [6.07, 6.45) is -1.12. The number of carbonyl (C=O) groups is 1. The Balaban J connectivity index is 3.49. The van der Waals surface area contributed by atoms with Crippen LogP contribution < -0.4 is 10.6 Å². The van der Waals surface area contributed by atoms with E-state index in [1.54, 1.807) is 7.05 Å². The molecule has 0 saturated heterocycles. The van der Waals surface area contributed by atoms with Gasteiger partial charge in [-0.15, -0.1) is 0 Å². The van der Waals surface area contributed by atoms with Crippen LogP contribution in [0.1, 0.15) is 0 Å². The minimum atomic E-state index is -1.12. The van der Waals surface area contributed by atoms with Crippen molar-refractivity contribution < 1.29 is 15.0 Å². The van der Waals surface area contributed by atoms with Gasteiger partial charge in [0.05, 0.1) is 12.6 Å². The van der Waals surface area contributed by atoms with E-state index in [0.29, 0.717) is 6.54 Å². The molecular formula is C5H12N2O3. The summed E-state index contributed by atoms with van der Waals surface area (Å²) >= 11 is 0. The molecule has 0 bridgehead atoms. The van der Waals surface area contributed by atoms with Gasteiger partial charge in [0.15, 0.2) is 0 Å². The lowest BCUT2D eigenvalue weighted by molar-refractivity contribution is 0.177. The second-order valence-electron chi connectivity index (χ2n) is 1.89. The van der Waals surface area contributed by atoms with Crippen molar-refractivity contribution in [3.05, 3.63) is 0 Å². The number of amides is 1. The van der Waals surface area contributed by atoms with Crippen molar-refractivity contribution in [1.29, 1.82) is 0 Å². The van der Waals surface area contributed by atoms with Crippen molar-refractivity contribution in [3.63, 3.8) is 0 Å². The predicted octanol–water partition coefficient (Wildman–Crippen LogP) is -1.17. The van der Waals surface area contributed by atoms with Gasteiger partial charge in [-0.05, 0) is 7.05 Å². The molecule has 0 heterocycles. The largest absolute Gasteiger partial charge is 0.465 e. The lowest BCUT2D eigenvalue weighted by Gasteiger charge is -2.12. The highest BCUT2D eigenvalue weighted by Gasteiger charge is 2.07. The summed E-state index contributed by atoms with van der Waals surface area (Å²) in [5, 5.41) is 21.6. The second kappa shape index (κ2) is 5.01. The summed E-state index contributed by atoms with van der Waals surface area (Å²) in [7, 11) is 1.69. The number of aliphatic hydroxyl groups is 1. The Labute approximate surface area is 59.0 Å². The van der Waals surface area contributed by atoms with Gasteiger partial charge < -0.3 is 20.8 Å². The molecule has 0 aromatic rings. The highest BCUT2D eigenvalue weighted by molar-refractivity contribution is 5.64. The Morgan fingerprint density at radius 3 is 2.60 bits per heavy atom. The first-order valence-electron chi connectivity index (χ1n) is 2.95. The number of likely N-dealkylation sites (N-methyl/N-ethyl adjacent to an activating group) is 1. The number of rotatable bonds is 4. The van der Waals surface area contributed by atoms with Crippen LogP contribution in [0.2, 0.25) is 0 Å². The molecular weight excluding hydrogens is 136 g/mol. The molecule has 0 aliphatic heterocycles. The van der Waals surface area contributed by atoms with Gasteiger partial charge in [-0.2, -0.15) is 0 Å². The van der Waals surface area contributed by atoms with E-state index in [1.165, 1.54) is 0 Å². The Kier molecular flexibility index (Phi) is 4.61. The quantitative estimate of drug-likeness (QED) is 0.405. The summed E-state index contributed by atoms with van der Waals surface area (Å²) in [6, 6.07) is -0.414. The lowest BCUT2D eigenvalue weighted by Crippen LogP contribution is -2.42. The molecule has 0 aliphatic carbocycles.